The van der Waals surface area contributed by atoms with Crippen LogP contribution in [-0.4, -0.2) is 93.6 Å². The number of fused-ring (bicyclic) bond motifs is 3. The van der Waals surface area contributed by atoms with Crippen LogP contribution in [0.25, 0.3) is 0 Å². The van der Waals surface area contributed by atoms with Crippen LogP contribution in [0.3, 0.4) is 0 Å². The van der Waals surface area contributed by atoms with E-state index in [1.165, 1.54) is 12.1 Å². The van der Waals surface area contributed by atoms with Crippen molar-refractivity contribution in [1.29, 1.82) is 0 Å². The zero-order valence-corrected chi connectivity index (χ0v) is 22.2. The van der Waals surface area contributed by atoms with Crippen LogP contribution in [-0.2, 0) is 35.0 Å². The Bertz CT molecular complexity index is 1160. The summed E-state index contributed by atoms with van der Waals surface area (Å²) in [6.45, 7) is 5.31. The number of carbonyl (C=O) groups excluding carboxylic acids is 2. The Balaban J connectivity index is 1.36. The Labute approximate surface area is 231 Å². The Hall–Kier alpha value is -2.80. The highest BCUT2D eigenvalue weighted by Gasteiger charge is 2.59. The van der Waals surface area contributed by atoms with E-state index in [9.17, 15) is 35.1 Å². The average Bonchev–Trinajstić information content (AvgIpc) is 3.22. The molecule has 4 aliphatic rings. The van der Waals surface area contributed by atoms with Crippen molar-refractivity contribution in [3.05, 3.63) is 53.6 Å². The maximum atomic E-state index is 12.9. The molecule has 11 nitrogen and oxygen atoms in total. The van der Waals surface area contributed by atoms with Gasteiger partial charge in [0.15, 0.2) is 6.29 Å². The van der Waals surface area contributed by atoms with E-state index in [1.807, 2.05) is 13.0 Å². The first kappa shape index (κ1) is 28.7. The first-order valence-electron chi connectivity index (χ1n) is 13.5. The van der Waals surface area contributed by atoms with Crippen LogP contribution in [0.4, 0.5) is 0 Å². The smallest absolute Gasteiger partial charge is 0.334 e. The molecule has 1 aromatic rings. The highest BCUT2D eigenvalue weighted by molar-refractivity contribution is 5.91. The maximum absolute atomic E-state index is 12.9. The number of aromatic hydroxyl groups is 1. The van der Waals surface area contributed by atoms with Crippen LogP contribution in [0.1, 0.15) is 31.7 Å². The van der Waals surface area contributed by atoms with Gasteiger partial charge in [-0.2, -0.15) is 0 Å². The molecule has 5 N–H and O–H groups in total. The third-order valence-corrected chi connectivity index (χ3v) is 8.93. The van der Waals surface area contributed by atoms with Crippen LogP contribution >= 0.6 is 0 Å². The van der Waals surface area contributed by atoms with E-state index in [4.69, 9.17) is 18.9 Å². The molecule has 40 heavy (non-hydrogen) atoms. The molecule has 0 spiro atoms. The lowest BCUT2D eigenvalue weighted by Gasteiger charge is -2.52. The highest BCUT2D eigenvalue weighted by atomic mass is 16.7. The normalized spacial score (nSPS) is 39.1. The number of aliphatic hydroxyl groups excluding tert-OH is 4. The minimum absolute atomic E-state index is 0.0339. The predicted molar refractivity (Wildman–Crippen MR) is 137 cm³/mol. The van der Waals surface area contributed by atoms with Gasteiger partial charge in [-0.1, -0.05) is 31.7 Å². The highest BCUT2D eigenvalue weighted by Crippen LogP contribution is 2.57. The SMILES string of the molecule is C=C1C(=O)OC2C1CCC1(C)C(OC(=O)Cc3ccc(O)cc3)CC=C(COC3OC(CO)C(O)C(O)C3O)C21. The fourth-order valence-corrected chi connectivity index (χ4v) is 6.61. The van der Waals surface area contributed by atoms with Gasteiger partial charge in [0.2, 0.25) is 0 Å². The molecule has 10 atom stereocenters. The van der Waals surface area contributed by atoms with Gasteiger partial charge in [0, 0.05) is 29.2 Å². The molecule has 218 valence electrons. The van der Waals surface area contributed by atoms with E-state index in [0.29, 0.717) is 30.4 Å². The lowest BCUT2D eigenvalue weighted by molar-refractivity contribution is -0.299. The molecule has 2 aliphatic heterocycles. The molecule has 0 amide bonds. The lowest BCUT2D eigenvalue weighted by Crippen LogP contribution is -2.59. The lowest BCUT2D eigenvalue weighted by atomic mass is 9.55. The van der Waals surface area contributed by atoms with Gasteiger partial charge in [0.1, 0.15) is 42.4 Å². The Kier molecular flexibility index (Phi) is 8.06. The summed E-state index contributed by atoms with van der Waals surface area (Å²) in [5.41, 5.74) is 1.27. The second kappa shape index (κ2) is 11.2. The number of aliphatic hydroxyl groups is 4. The van der Waals surface area contributed by atoms with Gasteiger partial charge in [-0.3, -0.25) is 4.79 Å². The van der Waals surface area contributed by atoms with Gasteiger partial charge in [0.25, 0.3) is 0 Å². The maximum Gasteiger partial charge on any atom is 0.334 e. The monoisotopic (exact) mass is 560 g/mol. The van der Waals surface area contributed by atoms with Gasteiger partial charge >= 0.3 is 11.9 Å². The van der Waals surface area contributed by atoms with Gasteiger partial charge in [0.05, 0.1) is 19.6 Å². The van der Waals surface area contributed by atoms with Gasteiger partial charge < -0.3 is 44.5 Å². The van der Waals surface area contributed by atoms with Crippen molar-refractivity contribution in [2.24, 2.45) is 17.3 Å². The van der Waals surface area contributed by atoms with E-state index in [2.05, 4.69) is 6.58 Å². The molecule has 0 bridgehead atoms. The molecule has 1 aromatic carbocycles. The Morgan fingerprint density at radius 2 is 1.88 bits per heavy atom. The summed E-state index contributed by atoms with van der Waals surface area (Å²) in [5.74, 6) is -1.36. The fraction of sp³-hybridized carbons (Fsp3) is 0.586. The van der Waals surface area contributed by atoms with Crippen molar-refractivity contribution in [2.45, 2.75) is 75.5 Å². The molecule has 0 aromatic heterocycles. The number of carbonyl (C=O) groups is 2. The van der Waals surface area contributed by atoms with E-state index in [-0.39, 0.29) is 30.6 Å². The van der Waals surface area contributed by atoms with Crippen molar-refractivity contribution in [1.82, 2.24) is 0 Å². The molecule has 10 unspecified atom stereocenters. The van der Waals surface area contributed by atoms with E-state index in [0.717, 1.165) is 5.57 Å². The number of esters is 2. The summed E-state index contributed by atoms with van der Waals surface area (Å²) >= 11 is 0. The molecule has 2 heterocycles. The molecule has 5 rings (SSSR count). The first-order valence-corrected chi connectivity index (χ1v) is 13.5. The summed E-state index contributed by atoms with van der Waals surface area (Å²) in [4.78, 5) is 25.4. The second-order valence-electron chi connectivity index (χ2n) is 11.4. The topological polar surface area (TPSA) is 172 Å². The molecule has 11 heteroatoms. The number of hydrogen-bond acceptors (Lipinski definition) is 11. The third kappa shape index (κ3) is 5.17. The number of phenols is 1. The van der Waals surface area contributed by atoms with Gasteiger partial charge in [-0.15, -0.1) is 0 Å². The number of hydrogen-bond donors (Lipinski definition) is 5. The summed E-state index contributed by atoms with van der Waals surface area (Å²) in [7, 11) is 0. The second-order valence-corrected chi connectivity index (χ2v) is 11.4. The van der Waals surface area contributed by atoms with Crippen LogP contribution in [0.15, 0.2) is 48.1 Å². The van der Waals surface area contributed by atoms with Crippen LogP contribution < -0.4 is 0 Å². The summed E-state index contributed by atoms with van der Waals surface area (Å²) in [6.07, 6.45) is -4.54. The van der Waals surface area contributed by atoms with E-state index in [1.54, 1.807) is 12.1 Å². The number of rotatable bonds is 7. The molecular formula is C29H36O11. The molecule has 0 radical (unpaired) electrons. The van der Waals surface area contributed by atoms with Gasteiger partial charge in [-0.05, 0) is 36.1 Å². The van der Waals surface area contributed by atoms with Crippen molar-refractivity contribution in [3.8, 4) is 5.75 Å². The molecule has 3 fully saturated rings. The van der Waals surface area contributed by atoms with Crippen molar-refractivity contribution >= 4 is 11.9 Å². The van der Waals surface area contributed by atoms with Crippen molar-refractivity contribution in [3.63, 3.8) is 0 Å². The summed E-state index contributed by atoms with van der Waals surface area (Å²) in [6, 6.07) is 6.33. The third-order valence-electron chi connectivity index (χ3n) is 8.93. The molecule has 1 saturated carbocycles. The quantitative estimate of drug-likeness (QED) is 0.179. The van der Waals surface area contributed by atoms with Gasteiger partial charge in [-0.25, -0.2) is 4.79 Å². The average molecular weight is 561 g/mol. The minimum Gasteiger partial charge on any atom is -0.508 e. The molecule has 2 aliphatic carbocycles. The Morgan fingerprint density at radius 3 is 2.58 bits per heavy atom. The largest absolute Gasteiger partial charge is 0.508 e. The first-order chi connectivity index (χ1) is 19.0. The van der Waals surface area contributed by atoms with E-state index >= 15 is 0 Å². The fourth-order valence-electron chi connectivity index (χ4n) is 6.61. The van der Waals surface area contributed by atoms with Crippen molar-refractivity contribution < 1.29 is 54.1 Å². The standard InChI is InChI=1S/C29H36O11/c1-14-18-9-10-29(2)20(39-21(32)11-15-3-6-17(31)7-4-15)8-5-16(22(29)26(18)40-27(14)36)13-37-28-25(35)24(34)23(33)19(12-30)38-28/h3-7,18-20,22-26,28,30-31,33-35H,1,8-13H2,2H3. The van der Waals surface area contributed by atoms with Crippen LogP contribution in [0, 0.1) is 17.3 Å². The molecule has 2 saturated heterocycles. The Morgan fingerprint density at radius 1 is 1.15 bits per heavy atom. The number of benzene rings is 1. The zero-order valence-electron chi connectivity index (χ0n) is 22.2. The minimum atomic E-state index is -1.57. The zero-order chi connectivity index (χ0) is 28.8. The van der Waals surface area contributed by atoms with Crippen LogP contribution in [0.2, 0.25) is 0 Å². The predicted octanol–water partition coefficient (Wildman–Crippen LogP) is 0.507. The van der Waals surface area contributed by atoms with Crippen LogP contribution in [0.5, 0.6) is 5.75 Å². The summed E-state index contributed by atoms with van der Waals surface area (Å²) in [5, 5.41) is 49.6. The summed E-state index contributed by atoms with van der Waals surface area (Å²) < 4.78 is 23.2. The van der Waals surface area contributed by atoms with E-state index < -0.39 is 66.9 Å². The number of ether oxygens (including phenoxy) is 4. The van der Waals surface area contributed by atoms with Crippen molar-refractivity contribution in [2.75, 3.05) is 13.2 Å². The molecular weight excluding hydrogens is 524 g/mol. The number of phenolic OH excluding ortho intramolecular Hbond substituents is 1.